The van der Waals surface area contributed by atoms with Crippen LogP contribution in [-0.2, 0) is 35.7 Å². The van der Waals surface area contributed by atoms with Gasteiger partial charge in [0.25, 0.3) is 0 Å². The zero-order valence-corrected chi connectivity index (χ0v) is 19.7. The SMILES string of the molecule is [C-]#[O+].[C-]#[O+].[C-]#[O+].[C-]#[O+].[Mn].[Na+].c1ccc(P(c2ccccc2)c2ccccc2)cc1. The minimum atomic E-state index is -0.446. The average molecular weight is 452 g/mol. The molecule has 0 aromatic heterocycles. The number of hydrogen-bond donors (Lipinski definition) is 0. The maximum atomic E-state index is 7.50. The number of rotatable bonds is 3. The summed E-state index contributed by atoms with van der Waals surface area (Å²) in [5, 5.41) is 4.19. The van der Waals surface area contributed by atoms with Gasteiger partial charge in [-0.2, -0.15) is 0 Å². The van der Waals surface area contributed by atoms with Gasteiger partial charge in [0, 0.05) is 17.1 Å². The van der Waals surface area contributed by atoms with E-state index in [2.05, 4.69) is 118 Å². The van der Waals surface area contributed by atoms with E-state index in [1.165, 1.54) is 15.9 Å². The Morgan fingerprint density at radius 3 is 0.759 bits per heavy atom. The van der Waals surface area contributed by atoms with E-state index in [0.717, 1.165) is 0 Å². The first-order valence-electron chi connectivity index (χ1n) is 7.22. The molecule has 4 nitrogen and oxygen atoms in total. The third-order valence-corrected chi connectivity index (χ3v) is 5.49. The Kier molecular flexibility index (Phi) is 32.1. The van der Waals surface area contributed by atoms with Crippen LogP contribution in [0.5, 0.6) is 0 Å². The smallest absolute Gasteiger partial charge is 0.0622 e. The fourth-order valence-electron chi connectivity index (χ4n) is 2.18. The Bertz CT molecular complexity index is 689. The van der Waals surface area contributed by atoms with Gasteiger partial charge in [-0.25, -0.2) is 0 Å². The topological polar surface area (TPSA) is 79.6 Å². The second kappa shape index (κ2) is 26.6. The second-order valence-corrected chi connectivity index (χ2v) is 6.56. The molecule has 7 heteroatoms. The predicted molar refractivity (Wildman–Crippen MR) is 101 cm³/mol. The molecule has 0 aliphatic rings. The van der Waals surface area contributed by atoms with Crippen LogP contribution in [0, 0.1) is 26.6 Å². The fraction of sp³-hybridized carbons (Fsp3) is 0. The van der Waals surface area contributed by atoms with Crippen molar-refractivity contribution >= 4 is 23.8 Å². The fourth-order valence-corrected chi connectivity index (χ4v) is 4.48. The molecule has 0 aliphatic heterocycles. The molecule has 1 radical (unpaired) electrons. The second-order valence-electron chi connectivity index (χ2n) is 4.34. The molecule has 0 N–H and O–H groups in total. The average Bonchev–Trinajstić information content (AvgIpc) is 2.82. The molecule has 0 atom stereocenters. The van der Waals surface area contributed by atoms with E-state index in [4.69, 9.17) is 18.6 Å². The van der Waals surface area contributed by atoms with Crippen LogP contribution in [0.4, 0.5) is 0 Å². The van der Waals surface area contributed by atoms with Gasteiger partial charge in [0.2, 0.25) is 0 Å². The van der Waals surface area contributed by atoms with Crippen molar-refractivity contribution < 1.29 is 65.2 Å². The van der Waals surface area contributed by atoms with Crippen molar-refractivity contribution in [1.29, 1.82) is 0 Å². The largest absolute Gasteiger partial charge is 1.00 e. The molecule has 0 bridgehead atoms. The molecule has 0 aliphatic carbocycles. The number of benzene rings is 3. The van der Waals surface area contributed by atoms with E-state index >= 15 is 0 Å². The van der Waals surface area contributed by atoms with Crippen molar-refractivity contribution in [3.8, 4) is 0 Å². The Balaban J connectivity index is -0.000000281. The molecule has 0 amide bonds. The van der Waals surface area contributed by atoms with Gasteiger partial charge in [-0.3, -0.25) is 0 Å². The normalized spacial score (nSPS) is 7.21. The standard InChI is InChI=1S/C18H15P.4CO.Mn.Na/c1-4-10-16(11-5-1)19(17-12-6-2-7-13-17)18-14-8-3-9-15-18;4*1-2;;/h1-15H;;;;;;/q;;;;;;+1. The minimum absolute atomic E-state index is 0. The van der Waals surface area contributed by atoms with Crippen LogP contribution in [0.2, 0.25) is 0 Å². The van der Waals surface area contributed by atoms with E-state index in [9.17, 15) is 0 Å². The maximum absolute atomic E-state index is 7.50. The van der Waals surface area contributed by atoms with E-state index in [0.29, 0.717) is 0 Å². The van der Waals surface area contributed by atoms with Gasteiger partial charge in [0.15, 0.2) is 0 Å². The molecule has 0 spiro atoms. The third kappa shape index (κ3) is 13.4. The Hall–Kier alpha value is -1.43. The molecular weight excluding hydrogens is 437 g/mol. The van der Waals surface area contributed by atoms with Crippen molar-refractivity contribution in [3.63, 3.8) is 0 Å². The molecule has 0 saturated heterocycles. The van der Waals surface area contributed by atoms with Crippen molar-refractivity contribution in [1.82, 2.24) is 0 Å². The van der Waals surface area contributed by atoms with Crippen molar-refractivity contribution in [3.05, 3.63) is 118 Å². The van der Waals surface area contributed by atoms with Crippen molar-refractivity contribution in [2.45, 2.75) is 0 Å². The quantitative estimate of drug-likeness (QED) is 0.237. The summed E-state index contributed by atoms with van der Waals surface area (Å²) in [6, 6.07) is 32.3. The molecule has 3 aromatic rings. The first-order valence-corrected chi connectivity index (χ1v) is 8.56. The predicted octanol–water partition coefficient (Wildman–Crippen LogP) is 0.296. The zero-order valence-electron chi connectivity index (χ0n) is 15.6. The van der Waals surface area contributed by atoms with Gasteiger partial charge in [-0.1, -0.05) is 91.0 Å². The summed E-state index contributed by atoms with van der Waals surface area (Å²) in [5.41, 5.74) is 0. The van der Waals surface area contributed by atoms with Crippen LogP contribution >= 0.6 is 7.92 Å². The summed E-state index contributed by atoms with van der Waals surface area (Å²) in [6.45, 7) is 18.0. The molecule has 3 aromatic carbocycles. The van der Waals surface area contributed by atoms with Crippen molar-refractivity contribution in [2.24, 2.45) is 0 Å². The molecule has 0 saturated carbocycles. The van der Waals surface area contributed by atoms with Crippen LogP contribution in [0.3, 0.4) is 0 Å². The summed E-state index contributed by atoms with van der Waals surface area (Å²) < 4.78 is 30.0. The molecule has 139 valence electrons. The van der Waals surface area contributed by atoms with Gasteiger partial charge >= 0.3 is 74.8 Å². The van der Waals surface area contributed by atoms with Crippen LogP contribution in [0.25, 0.3) is 0 Å². The maximum Gasteiger partial charge on any atom is 1.00 e. The van der Waals surface area contributed by atoms with Gasteiger partial charge in [0.1, 0.15) is 0 Å². The van der Waals surface area contributed by atoms with Crippen LogP contribution in [-0.4, -0.2) is 0 Å². The monoisotopic (exact) mass is 452 g/mol. The first kappa shape index (κ1) is 35.0. The Morgan fingerprint density at radius 2 is 0.586 bits per heavy atom. The molecule has 3 rings (SSSR count). The molecule has 0 heterocycles. The van der Waals surface area contributed by atoms with Crippen molar-refractivity contribution in [2.75, 3.05) is 0 Å². The van der Waals surface area contributed by atoms with Gasteiger partial charge in [0.05, 0.1) is 0 Å². The van der Waals surface area contributed by atoms with Gasteiger partial charge in [-0.15, -0.1) is 0 Å². The third-order valence-electron chi connectivity index (χ3n) is 3.04. The first-order chi connectivity index (χ1) is 13.4. The van der Waals surface area contributed by atoms with E-state index in [1.807, 2.05) is 0 Å². The van der Waals surface area contributed by atoms with Crippen LogP contribution in [0.1, 0.15) is 0 Å². The zero-order chi connectivity index (χ0) is 20.9. The van der Waals surface area contributed by atoms with Crippen LogP contribution in [0.15, 0.2) is 91.0 Å². The molecule has 29 heavy (non-hydrogen) atoms. The van der Waals surface area contributed by atoms with Gasteiger partial charge in [-0.05, 0) is 23.8 Å². The minimum Gasteiger partial charge on any atom is -0.0622 e. The Labute approximate surface area is 205 Å². The molecular formula is C22H15MnNaO4P+. The summed E-state index contributed by atoms with van der Waals surface area (Å²) in [6.07, 6.45) is 0. The summed E-state index contributed by atoms with van der Waals surface area (Å²) in [7, 11) is -0.446. The van der Waals surface area contributed by atoms with Gasteiger partial charge < -0.3 is 0 Å². The summed E-state index contributed by atoms with van der Waals surface area (Å²) >= 11 is 0. The number of hydrogen-bond acceptors (Lipinski definition) is 0. The van der Waals surface area contributed by atoms with E-state index in [1.54, 1.807) is 0 Å². The Morgan fingerprint density at radius 1 is 0.414 bits per heavy atom. The van der Waals surface area contributed by atoms with Crippen LogP contribution < -0.4 is 45.5 Å². The van der Waals surface area contributed by atoms with E-state index in [-0.39, 0.29) is 46.6 Å². The molecule has 0 fully saturated rings. The van der Waals surface area contributed by atoms with E-state index < -0.39 is 7.92 Å². The molecule has 0 unspecified atom stereocenters. The summed E-state index contributed by atoms with van der Waals surface area (Å²) in [5.74, 6) is 0. The summed E-state index contributed by atoms with van der Waals surface area (Å²) in [4.78, 5) is 0.